The number of H-pyrrole nitrogens is 1. The Morgan fingerprint density at radius 1 is 1.04 bits per heavy atom. The van der Waals surface area contributed by atoms with E-state index in [9.17, 15) is 0 Å². The highest BCUT2D eigenvalue weighted by Gasteiger charge is 2.26. The van der Waals surface area contributed by atoms with Crippen LogP contribution in [0.15, 0.2) is 54.6 Å². The molecule has 4 rings (SSSR count). The minimum Gasteiger partial charge on any atom is -0.497 e. The number of ether oxygens (including phenoxy) is 2. The van der Waals surface area contributed by atoms with E-state index in [0.717, 1.165) is 35.9 Å². The van der Waals surface area contributed by atoms with Gasteiger partial charge in [-0.1, -0.05) is 50.2 Å². The largest absolute Gasteiger partial charge is 0.497 e. The van der Waals surface area contributed by atoms with Crippen molar-refractivity contribution in [1.29, 1.82) is 0 Å². The maximum atomic E-state index is 6.00. The van der Waals surface area contributed by atoms with Gasteiger partial charge in [0.25, 0.3) is 0 Å². The Morgan fingerprint density at radius 2 is 1.71 bits per heavy atom. The summed E-state index contributed by atoms with van der Waals surface area (Å²) in [7, 11) is 1.67. The molecule has 5 heteroatoms. The summed E-state index contributed by atoms with van der Waals surface area (Å²) in [5.41, 5.74) is 4.85. The summed E-state index contributed by atoms with van der Waals surface area (Å²) in [5.74, 6) is 1.85. The van der Waals surface area contributed by atoms with Gasteiger partial charge in [0.15, 0.2) is 5.82 Å². The number of methoxy groups -OCH3 is 1. The predicted molar refractivity (Wildman–Crippen MR) is 111 cm³/mol. The molecule has 1 aromatic heterocycles. The van der Waals surface area contributed by atoms with Crippen LogP contribution >= 0.6 is 0 Å². The second kappa shape index (κ2) is 7.68. The van der Waals surface area contributed by atoms with Crippen molar-refractivity contribution in [1.82, 2.24) is 10.2 Å². The molecule has 0 aliphatic carbocycles. The summed E-state index contributed by atoms with van der Waals surface area (Å²) < 4.78 is 11.2. The van der Waals surface area contributed by atoms with E-state index in [0.29, 0.717) is 13.2 Å². The summed E-state index contributed by atoms with van der Waals surface area (Å²) >= 11 is 0. The average molecular weight is 377 g/mol. The summed E-state index contributed by atoms with van der Waals surface area (Å²) in [5, 5.41) is 7.79. The Kier molecular flexibility index (Phi) is 5.09. The molecule has 1 aliphatic rings. The van der Waals surface area contributed by atoms with Crippen LogP contribution in [0.5, 0.6) is 5.75 Å². The van der Waals surface area contributed by atoms with E-state index in [2.05, 4.69) is 59.3 Å². The molecule has 1 aliphatic heterocycles. The Bertz CT molecular complexity index is 906. The van der Waals surface area contributed by atoms with Crippen LogP contribution in [-0.4, -0.2) is 23.9 Å². The van der Waals surface area contributed by atoms with Crippen LogP contribution in [0.2, 0.25) is 0 Å². The lowest BCUT2D eigenvalue weighted by Crippen LogP contribution is -2.25. The molecule has 0 spiro atoms. The van der Waals surface area contributed by atoms with Crippen molar-refractivity contribution < 1.29 is 9.47 Å². The second-order valence-corrected chi connectivity index (χ2v) is 7.99. The third kappa shape index (κ3) is 3.90. The fourth-order valence-electron chi connectivity index (χ4n) is 3.54. The van der Waals surface area contributed by atoms with E-state index >= 15 is 0 Å². The van der Waals surface area contributed by atoms with Crippen molar-refractivity contribution in [3.05, 3.63) is 77.0 Å². The number of hydrogen-bond acceptors (Lipinski definition) is 4. The number of fused-ring (bicyclic) bond motifs is 1. The molecule has 28 heavy (non-hydrogen) atoms. The number of aromatic amines is 1. The number of nitrogens with one attached hydrogen (secondary N) is 1. The molecule has 0 saturated heterocycles. The van der Waals surface area contributed by atoms with Crippen LogP contribution in [0, 0.1) is 0 Å². The molecular weight excluding hydrogens is 350 g/mol. The first-order chi connectivity index (χ1) is 13.5. The van der Waals surface area contributed by atoms with E-state index in [1.807, 2.05) is 24.3 Å². The number of nitrogens with zero attached hydrogens (tertiary/aromatic N) is 2. The topological polar surface area (TPSA) is 50.4 Å². The van der Waals surface area contributed by atoms with E-state index < -0.39 is 0 Å². The highest BCUT2D eigenvalue weighted by Crippen LogP contribution is 2.30. The summed E-state index contributed by atoms with van der Waals surface area (Å²) in [6.07, 6.45) is 0. The number of aromatic nitrogens is 2. The van der Waals surface area contributed by atoms with Crippen LogP contribution in [0.25, 0.3) is 0 Å². The first-order valence-corrected chi connectivity index (χ1v) is 9.63. The SMILES string of the molecule is COc1ccc(COCC(C)(C)c2cc(N3Cc4ccccc4C3)n[nH]2)cc1. The Balaban J connectivity index is 1.35. The quantitative estimate of drug-likeness (QED) is 0.662. The van der Waals surface area contributed by atoms with Gasteiger partial charge in [0.2, 0.25) is 0 Å². The van der Waals surface area contributed by atoms with Gasteiger partial charge in [0.05, 0.1) is 20.3 Å². The van der Waals surface area contributed by atoms with Gasteiger partial charge >= 0.3 is 0 Å². The predicted octanol–water partition coefficient (Wildman–Crippen LogP) is 4.43. The van der Waals surface area contributed by atoms with Crippen LogP contribution < -0.4 is 9.64 Å². The van der Waals surface area contributed by atoms with Crippen molar-refractivity contribution in [3.63, 3.8) is 0 Å². The van der Waals surface area contributed by atoms with E-state index in [4.69, 9.17) is 9.47 Å². The van der Waals surface area contributed by atoms with Gasteiger partial charge in [-0.2, -0.15) is 5.10 Å². The molecule has 0 bridgehead atoms. The lowest BCUT2D eigenvalue weighted by Gasteiger charge is -2.23. The summed E-state index contributed by atoms with van der Waals surface area (Å²) in [4.78, 5) is 2.30. The fraction of sp³-hybridized carbons (Fsp3) is 0.348. The Hall–Kier alpha value is -2.79. The molecule has 0 unspecified atom stereocenters. The molecular formula is C23H27N3O2. The third-order valence-corrected chi connectivity index (χ3v) is 5.35. The highest BCUT2D eigenvalue weighted by atomic mass is 16.5. The molecule has 2 heterocycles. The summed E-state index contributed by atoms with van der Waals surface area (Å²) in [6, 6.07) is 18.7. The fourth-order valence-corrected chi connectivity index (χ4v) is 3.54. The van der Waals surface area contributed by atoms with Gasteiger partial charge in [-0.05, 0) is 28.8 Å². The number of benzene rings is 2. The molecule has 146 valence electrons. The zero-order chi connectivity index (χ0) is 19.6. The van der Waals surface area contributed by atoms with Crippen molar-refractivity contribution in [3.8, 4) is 5.75 Å². The maximum Gasteiger partial charge on any atom is 0.151 e. The van der Waals surface area contributed by atoms with E-state index in [1.165, 1.54) is 11.1 Å². The van der Waals surface area contributed by atoms with Crippen LogP contribution in [0.1, 0.15) is 36.2 Å². The first kappa shape index (κ1) is 18.6. The molecule has 3 aromatic rings. The molecule has 2 aromatic carbocycles. The molecule has 1 N–H and O–H groups in total. The highest BCUT2D eigenvalue weighted by molar-refractivity contribution is 5.48. The Labute approximate surface area is 166 Å². The molecule has 0 atom stereocenters. The molecule has 0 saturated carbocycles. The van der Waals surface area contributed by atoms with Crippen molar-refractivity contribution in [2.75, 3.05) is 18.6 Å². The number of rotatable bonds is 7. The van der Waals surface area contributed by atoms with Gasteiger partial charge in [0, 0.05) is 30.3 Å². The zero-order valence-corrected chi connectivity index (χ0v) is 16.7. The molecule has 0 amide bonds. The van der Waals surface area contributed by atoms with Gasteiger partial charge in [-0.25, -0.2) is 0 Å². The van der Waals surface area contributed by atoms with Gasteiger partial charge in [-0.15, -0.1) is 0 Å². The minimum absolute atomic E-state index is 0.149. The normalized spacial score (nSPS) is 13.6. The molecule has 0 fully saturated rings. The third-order valence-electron chi connectivity index (χ3n) is 5.35. The van der Waals surface area contributed by atoms with Gasteiger partial charge in [0.1, 0.15) is 5.75 Å². The monoisotopic (exact) mass is 377 g/mol. The van der Waals surface area contributed by atoms with Gasteiger partial charge in [-0.3, -0.25) is 5.10 Å². The zero-order valence-electron chi connectivity index (χ0n) is 16.7. The van der Waals surface area contributed by atoms with Crippen LogP contribution in [0.4, 0.5) is 5.82 Å². The second-order valence-electron chi connectivity index (χ2n) is 7.99. The standard InChI is InChI=1S/C23H27N3O2/c1-23(2,16-28-15-17-8-10-20(27-3)11-9-17)21-12-22(25-24-21)26-13-18-6-4-5-7-19(18)14-26/h4-12H,13-16H2,1-3H3,(H,24,25). The van der Waals surface area contributed by atoms with Crippen molar-refractivity contribution in [2.24, 2.45) is 0 Å². The van der Waals surface area contributed by atoms with E-state index in [-0.39, 0.29) is 5.41 Å². The lowest BCUT2D eigenvalue weighted by atomic mass is 9.90. The number of anilines is 1. The lowest BCUT2D eigenvalue weighted by molar-refractivity contribution is 0.0811. The average Bonchev–Trinajstić information content (AvgIpc) is 3.36. The van der Waals surface area contributed by atoms with Crippen LogP contribution in [-0.2, 0) is 29.8 Å². The maximum absolute atomic E-state index is 6.00. The van der Waals surface area contributed by atoms with Gasteiger partial charge < -0.3 is 14.4 Å². The van der Waals surface area contributed by atoms with Crippen molar-refractivity contribution >= 4 is 5.82 Å². The van der Waals surface area contributed by atoms with Crippen LogP contribution in [0.3, 0.4) is 0 Å². The Morgan fingerprint density at radius 3 is 2.36 bits per heavy atom. The summed E-state index contributed by atoms with van der Waals surface area (Å²) in [6.45, 7) is 7.37. The molecule has 0 radical (unpaired) electrons. The van der Waals surface area contributed by atoms with E-state index in [1.54, 1.807) is 7.11 Å². The van der Waals surface area contributed by atoms with Crippen molar-refractivity contribution in [2.45, 2.75) is 39.0 Å². The molecule has 5 nitrogen and oxygen atoms in total. The smallest absolute Gasteiger partial charge is 0.151 e. The number of hydrogen-bond donors (Lipinski definition) is 1. The minimum atomic E-state index is -0.149. The first-order valence-electron chi connectivity index (χ1n) is 9.63.